The molecule has 0 bridgehead atoms. The van der Waals surface area contributed by atoms with E-state index >= 15 is 0 Å². The van der Waals surface area contributed by atoms with Gasteiger partial charge in [-0.25, -0.2) is 4.79 Å². The van der Waals surface area contributed by atoms with Gasteiger partial charge in [0.1, 0.15) is 0 Å². The normalized spacial score (nSPS) is 12.5. The Bertz CT molecular complexity index is 130. The topological polar surface area (TPSA) is 104 Å². The highest BCUT2D eigenvalue weighted by molar-refractivity contribution is 5.64. The summed E-state index contributed by atoms with van der Waals surface area (Å²) in [6.45, 7) is 0.686. The lowest BCUT2D eigenvalue weighted by atomic mass is 10.2. The van der Waals surface area contributed by atoms with E-state index in [4.69, 9.17) is 17.2 Å². The quantitative estimate of drug-likeness (QED) is 0.387. The van der Waals surface area contributed by atoms with Crippen LogP contribution in [-0.4, -0.2) is 18.9 Å². The van der Waals surface area contributed by atoms with Gasteiger partial charge < -0.3 is 16.2 Å². The standard InChI is InChI=1S/C7H17N3O2/c8-5-3-1-2-4-6(9)12-7(10)11/h6H,1-5,8-9H2,(H2,10,11). The summed E-state index contributed by atoms with van der Waals surface area (Å²) in [6, 6.07) is 0. The van der Waals surface area contributed by atoms with Gasteiger partial charge in [-0.2, -0.15) is 0 Å². The minimum atomic E-state index is -0.818. The van der Waals surface area contributed by atoms with Gasteiger partial charge in [-0.15, -0.1) is 0 Å². The molecule has 0 aliphatic rings. The Morgan fingerprint density at radius 2 is 2.00 bits per heavy atom. The molecule has 0 aromatic carbocycles. The van der Waals surface area contributed by atoms with Crippen LogP contribution in [0.3, 0.4) is 0 Å². The Labute approximate surface area is 72.2 Å². The zero-order valence-corrected chi connectivity index (χ0v) is 7.16. The largest absolute Gasteiger partial charge is 0.431 e. The monoisotopic (exact) mass is 175 g/mol. The molecule has 6 N–H and O–H groups in total. The molecule has 0 aromatic rings. The molecule has 12 heavy (non-hydrogen) atoms. The van der Waals surface area contributed by atoms with E-state index in [1.165, 1.54) is 0 Å². The van der Waals surface area contributed by atoms with Crippen LogP contribution in [-0.2, 0) is 4.74 Å². The molecule has 0 rings (SSSR count). The van der Waals surface area contributed by atoms with Gasteiger partial charge in [0.25, 0.3) is 0 Å². The van der Waals surface area contributed by atoms with Gasteiger partial charge in [0.2, 0.25) is 0 Å². The highest BCUT2D eigenvalue weighted by Crippen LogP contribution is 2.01. The van der Waals surface area contributed by atoms with Crippen molar-refractivity contribution in [3.05, 3.63) is 0 Å². The number of rotatable bonds is 6. The first-order valence-corrected chi connectivity index (χ1v) is 4.08. The van der Waals surface area contributed by atoms with Crippen LogP contribution in [0.4, 0.5) is 4.79 Å². The Morgan fingerprint density at radius 1 is 1.33 bits per heavy atom. The molecule has 0 spiro atoms. The van der Waals surface area contributed by atoms with Crippen molar-refractivity contribution in [1.29, 1.82) is 0 Å². The van der Waals surface area contributed by atoms with Gasteiger partial charge >= 0.3 is 6.09 Å². The molecule has 0 saturated carbocycles. The summed E-state index contributed by atoms with van der Waals surface area (Å²) in [4.78, 5) is 10.2. The van der Waals surface area contributed by atoms with E-state index in [9.17, 15) is 4.79 Å². The fourth-order valence-electron chi connectivity index (χ4n) is 0.875. The molecule has 0 aromatic heterocycles. The van der Waals surface area contributed by atoms with Crippen LogP contribution < -0.4 is 17.2 Å². The van der Waals surface area contributed by atoms with E-state index in [1.54, 1.807) is 0 Å². The second-order valence-corrected chi connectivity index (χ2v) is 2.61. The highest BCUT2D eigenvalue weighted by Gasteiger charge is 2.04. The van der Waals surface area contributed by atoms with Crippen molar-refractivity contribution >= 4 is 6.09 Å². The maximum absolute atomic E-state index is 10.2. The van der Waals surface area contributed by atoms with Gasteiger partial charge in [0.15, 0.2) is 6.23 Å². The van der Waals surface area contributed by atoms with Crippen molar-refractivity contribution in [3.63, 3.8) is 0 Å². The first-order valence-electron chi connectivity index (χ1n) is 4.08. The average molecular weight is 175 g/mol. The second kappa shape index (κ2) is 6.87. The van der Waals surface area contributed by atoms with Crippen molar-refractivity contribution in [2.24, 2.45) is 17.2 Å². The number of hydrogen-bond donors (Lipinski definition) is 3. The number of carbonyl (C=O) groups is 1. The minimum Gasteiger partial charge on any atom is -0.431 e. The zero-order valence-electron chi connectivity index (χ0n) is 7.16. The van der Waals surface area contributed by atoms with E-state index in [-0.39, 0.29) is 0 Å². The third-order valence-electron chi connectivity index (χ3n) is 1.46. The first kappa shape index (κ1) is 11.2. The number of carbonyl (C=O) groups excluding carboxylic acids is 1. The lowest BCUT2D eigenvalue weighted by Crippen LogP contribution is -2.29. The summed E-state index contributed by atoms with van der Waals surface area (Å²) in [5, 5.41) is 0. The average Bonchev–Trinajstić information content (AvgIpc) is 1.97. The third-order valence-corrected chi connectivity index (χ3v) is 1.46. The molecule has 1 atom stereocenters. The number of unbranched alkanes of at least 4 members (excludes halogenated alkanes) is 2. The molecule has 1 unspecified atom stereocenters. The number of ether oxygens (including phenoxy) is 1. The predicted octanol–water partition coefficient (Wildman–Crippen LogP) is -0.114. The van der Waals surface area contributed by atoms with E-state index in [1.807, 2.05) is 0 Å². The Morgan fingerprint density at radius 3 is 2.50 bits per heavy atom. The molecule has 0 saturated heterocycles. The summed E-state index contributed by atoms with van der Waals surface area (Å²) >= 11 is 0. The fourth-order valence-corrected chi connectivity index (χ4v) is 0.875. The van der Waals surface area contributed by atoms with Crippen LogP contribution >= 0.6 is 0 Å². The SMILES string of the molecule is NCCCCCC(N)OC(N)=O. The number of amides is 1. The van der Waals surface area contributed by atoms with Crippen molar-refractivity contribution in [2.75, 3.05) is 6.54 Å². The van der Waals surface area contributed by atoms with Crippen LogP contribution in [0.25, 0.3) is 0 Å². The van der Waals surface area contributed by atoms with E-state index in [0.717, 1.165) is 19.3 Å². The zero-order chi connectivity index (χ0) is 9.40. The van der Waals surface area contributed by atoms with Gasteiger partial charge in [-0.05, 0) is 25.8 Å². The number of hydrogen-bond acceptors (Lipinski definition) is 4. The van der Waals surface area contributed by atoms with E-state index in [2.05, 4.69) is 4.74 Å². The molecule has 0 radical (unpaired) electrons. The number of nitrogens with two attached hydrogens (primary N) is 3. The predicted molar refractivity (Wildman–Crippen MR) is 46.2 cm³/mol. The van der Waals surface area contributed by atoms with E-state index in [0.29, 0.717) is 13.0 Å². The van der Waals surface area contributed by atoms with Crippen LogP contribution in [0.2, 0.25) is 0 Å². The molecule has 0 fully saturated rings. The molecule has 72 valence electrons. The van der Waals surface area contributed by atoms with Crippen molar-refractivity contribution in [3.8, 4) is 0 Å². The number of primary amides is 1. The summed E-state index contributed by atoms with van der Waals surface area (Å²) in [5.74, 6) is 0. The van der Waals surface area contributed by atoms with E-state index < -0.39 is 12.3 Å². The molecular weight excluding hydrogens is 158 g/mol. The Kier molecular flexibility index (Phi) is 6.41. The lowest BCUT2D eigenvalue weighted by molar-refractivity contribution is 0.103. The minimum absolute atomic E-state index is 0.569. The lowest BCUT2D eigenvalue weighted by Gasteiger charge is -2.10. The Balaban J connectivity index is 3.19. The fraction of sp³-hybridized carbons (Fsp3) is 0.857. The maximum Gasteiger partial charge on any atom is 0.406 e. The molecule has 1 amide bonds. The summed E-state index contributed by atoms with van der Waals surface area (Å²) < 4.78 is 4.52. The van der Waals surface area contributed by atoms with Gasteiger partial charge in [-0.1, -0.05) is 6.42 Å². The van der Waals surface area contributed by atoms with Crippen LogP contribution in [0, 0.1) is 0 Å². The molecule has 0 heterocycles. The molecular formula is C7H17N3O2. The van der Waals surface area contributed by atoms with Gasteiger partial charge in [0, 0.05) is 0 Å². The highest BCUT2D eigenvalue weighted by atomic mass is 16.6. The summed E-state index contributed by atoms with van der Waals surface area (Å²) in [6.07, 6.45) is 2.14. The second-order valence-electron chi connectivity index (χ2n) is 2.61. The Hall–Kier alpha value is -0.810. The summed E-state index contributed by atoms with van der Waals surface area (Å²) in [7, 11) is 0. The van der Waals surface area contributed by atoms with Crippen molar-refractivity contribution in [1.82, 2.24) is 0 Å². The smallest absolute Gasteiger partial charge is 0.406 e. The van der Waals surface area contributed by atoms with Crippen LogP contribution in [0.15, 0.2) is 0 Å². The van der Waals surface area contributed by atoms with Gasteiger partial charge in [0.05, 0.1) is 0 Å². The molecule has 0 aliphatic carbocycles. The van der Waals surface area contributed by atoms with Crippen LogP contribution in [0.5, 0.6) is 0 Å². The van der Waals surface area contributed by atoms with Crippen molar-refractivity contribution < 1.29 is 9.53 Å². The molecule has 0 aliphatic heterocycles. The first-order chi connectivity index (χ1) is 5.66. The van der Waals surface area contributed by atoms with Crippen LogP contribution in [0.1, 0.15) is 25.7 Å². The van der Waals surface area contributed by atoms with Gasteiger partial charge in [-0.3, -0.25) is 5.73 Å². The summed E-state index contributed by atoms with van der Waals surface area (Å²) in [5.41, 5.74) is 15.5. The maximum atomic E-state index is 10.2. The molecule has 5 nitrogen and oxygen atoms in total. The molecule has 5 heteroatoms. The third kappa shape index (κ3) is 7.30. The van der Waals surface area contributed by atoms with Crippen molar-refractivity contribution in [2.45, 2.75) is 31.9 Å².